The quantitative estimate of drug-likeness (QED) is 0.670. The van der Waals surface area contributed by atoms with Crippen LogP contribution in [-0.2, 0) is 0 Å². The Morgan fingerprint density at radius 2 is 1.82 bits per heavy atom. The molecule has 1 atom stereocenters. The molecule has 0 amide bonds. The van der Waals surface area contributed by atoms with Crippen molar-refractivity contribution in [1.29, 1.82) is 0 Å². The normalized spacial score (nSPS) is 13.8. The molecule has 17 heavy (non-hydrogen) atoms. The van der Waals surface area contributed by atoms with Gasteiger partial charge in [-0.15, -0.1) is 0 Å². The van der Waals surface area contributed by atoms with Crippen LogP contribution in [0.3, 0.4) is 0 Å². The van der Waals surface area contributed by atoms with Gasteiger partial charge < -0.3 is 5.73 Å². The van der Waals surface area contributed by atoms with Gasteiger partial charge in [0.05, 0.1) is 5.92 Å². The molecular weight excluding hydrogens is 251 g/mol. The summed E-state index contributed by atoms with van der Waals surface area (Å²) in [5, 5.41) is 0.366. The van der Waals surface area contributed by atoms with E-state index < -0.39 is 18.6 Å². The van der Waals surface area contributed by atoms with Gasteiger partial charge in [-0.2, -0.15) is 13.2 Å². The first kappa shape index (κ1) is 14.2. The fraction of sp³-hybridized carbons (Fsp3) is 0.600. The molecular formula is C10H14F3N3S. The van der Waals surface area contributed by atoms with Crippen molar-refractivity contribution in [2.24, 2.45) is 11.7 Å². The summed E-state index contributed by atoms with van der Waals surface area (Å²) < 4.78 is 37.3. The summed E-state index contributed by atoms with van der Waals surface area (Å²) in [4.78, 5) is 8.13. The smallest absolute Gasteiger partial charge is 0.330 e. The van der Waals surface area contributed by atoms with Crippen LogP contribution >= 0.6 is 11.8 Å². The topological polar surface area (TPSA) is 51.8 Å². The molecule has 0 aliphatic heterocycles. The van der Waals surface area contributed by atoms with Crippen molar-refractivity contribution >= 4 is 11.8 Å². The Balaban J connectivity index is 2.66. The lowest BCUT2D eigenvalue weighted by molar-refractivity contribution is -0.165. The van der Waals surface area contributed by atoms with Crippen molar-refractivity contribution in [2.45, 2.75) is 25.2 Å². The molecule has 1 unspecified atom stereocenters. The van der Waals surface area contributed by atoms with Gasteiger partial charge in [-0.25, -0.2) is 9.97 Å². The van der Waals surface area contributed by atoms with Crippen LogP contribution in [-0.4, -0.2) is 28.4 Å². The standard InChI is InChI=1S/C10H14F3N3S/c1-6-3-7(2)16-9(15-6)17-5-8(4-14)10(11,12)13/h3,8H,4-5,14H2,1-2H3. The molecule has 1 aromatic rings. The van der Waals surface area contributed by atoms with Crippen molar-refractivity contribution < 1.29 is 13.2 Å². The third-order valence-corrected chi connectivity index (χ3v) is 3.13. The highest BCUT2D eigenvalue weighted by Gasteiger charge is 2.38. The molecule has 0 fully saturated rings. The maximum atomic E-state index is 12.4. The van der Waals surface area contributed by atoms with E-state index in [-0.39, 0.29) is 5.75 Å². The minimum Gasteiger partial charge on any atom is -0.330 e. The number of rotatable bonds is 4. The van der Waals surface area contributed by atoms with Gasteiger partial charge in [-0.3, -0.25) is 0 Å². The van der Waals surface area contributed by atoms with E-state index in [1.807, 2.05) is 0 Å². The first-order valence-electron chi connectivity index (χ1n) is 5.04. The highest BCUT2D eigenvalue weighted by molar-refractivity contribution is 7.99. The van der Waals surface area contributed by atoms with Gasteiger partial charge in [0.2, 0.25) is 0 Å². The molecule has 0 spiro atoms. The lowest BCUT2D eigenvalue weighted by Gasteiger charge is -2.17. The zero-order valence-corrected chi connectivity index (χ0v) is 10.4. The third kappa shape index (κ3) is 4.51. The number of halogens is 3. The predicted molar refractivity (Wildman–Crippen MR) is 60.8 cm³/mol. The summed E-state index contributed by atoms with van der Waals surface area (Å²) in [5.41, 5.74) is 6.60. The van der Waals surface area contributed by atoms with Crippen molar-refractivity contribution in [2.75, 3.05) is 12.3 Å². The zero-order valence-electron chi connectivity index (χ0n) is 9.58. The molecule has 0 saturated carbocycles. The Morgan fingerprint density at radius 1 is 1.29 bits per heavy atom. The van der Waals surface area contributed by atoms with Crippen LogP contribution < -0.4 is 5.73 Å². The van der Waals surface area contributed by atoms with E-state index in [1.54, 1.807) is 19.9 Å². The average molecular weight is 265 g/mol. The van der Waals surface area contributed by atoms with Crippen molar-refractivity contribution in [3.8, 4) is 0 Å². The molecule has 0 bridgehead atoms. The van der Waals surface area contributed by atoms with Crippen molar-refractivity contribution in [1.82, 2.24) is 9.97 Å². The number of nitrogens with two attached hydrogens (primary N) is 1. The van der Waals surface area contributed by atoms with Crippen LogP contribution in [0.25, 0.3) is 0 Å². The molecule has 7 heteroatoms. The van der Waals surface area contributed by atoms with Crippen LogP contribution in [0.2, 0.25) is 0 Å². The molecule has 1 rings (SSSR count). The average Bonchev–Trinajstić information content (AvgIpc) is 2.14. The van der Waals surface area contributed by atoms with Crippen LogP contribution in [0.15, 0.2) is 11.2 Å². The Labute approximate surface area is 102 Å². The maximum Gasteiger partial charge on any atom is 0.393 e. The highest BCUT2D eigenvalue weighted by atomic mass is 32.2. The van der Waals surface area contributed by atoms with Gasteiger partial charge in [0.15, 0.2) is 5.16 Å². The molecule has 0 aromatic carbocycles. The second-order valence-electron chi connectivity index (χ2n) is 3.72. The molecule has 2 N–H and O–H groups in total. The number of hydrogen-bond acceptors (Lipinski definition) is 4. The van der Waals surface area contributed by atoms with Crippen LogP contribution in [0, 0.1) is 19.8 Å². The van der Waals surface area contributed by atoms with Crippen LogP contribution in [0.1, 0.15) is 11.4 Å². The van der Waals surface area contributed by atoms with Gasteiger partial charge in [-0.1, -0.05) is 11.8 Å². The lowest BCUT2D eigenvalue weighted by atomic mass is 10.2. The Morgan fingerprint density at radius 3 is 2.24 bits per heavy atom. The molecule has 0 radical (unpaired) electrons. The summed E-state index contributed by atoms with van der Waals surface area (Å²) >= 11 is 0.986. The zero-order chi connectivity index (χ0) is 13.1. The van der Waals surface area contributed by atoms with Crippen molar-refractivity contribution in [3.05, 3.63) is 17.5 Å². The number of nitrogens with zero attached hydrogens (tertiary/aromatic N) is 2. The fourth-order valence-electron chi connectivity index (χ4n) is 1.23. The van der Waals surface area contributed by atoms with Crippen LogP contribution in [0.5, 0.6) is 0 Å². The molecule has 0 saturated heterocycles. The van der Waals surface area contributed by atoms with Gasteiger partial charge in [0, 0.05) is 23.7 Å². The van der Waals surface area contributed by atoms with E-state index in [2.05, 4.69) is 9.97 Å². The Bertz CT molecular complexity index is 361. The Hall–Kier alpha value is -0.820. The summed E-state index contributed by atoms with van der Waals surface area (Å²) in [6, 6.07) is 1.77. The molecule has 1 heterocycles. The summed E-state index contributed by atoms with van der Waals surface area (Å²) in [6.07, 6.45) is -4.26. The first-order valence-corrected chi connectivity index (χ1v) is 6.03. The second kappa shape index (κ2) is 5.68. The van der Waals surface area contributed by atoms with Gasteiger partial charge in [0.25, 0.3) is 0 Å². The van der Waals surface area contributed by atoms with E-state index in [4.69, 9.17) is 5.73 Å². The SMILES string of the molecule is Cc1cc(C)nc(SCC(CN)C(F)(F)F)n1. The van der Waals surface area contributed by atoms with E-state index in [9.17, 15) is 13.2 Å². The monoisotopic (exact) mass is 265 g/mol. The molecule has 3 nitrogen and oxygen atoms in total. The van der Waals surface area contributed by atoms with Crippen molar-refractivity contribution in [3.63, 3.8) is 0 Å². The highest BCUT2D eigenvalue weighted by Crippen LogP contribution is 2.30. The molecule has 1 aromatic heterocycles. The third-order valence-electron chi connectivity index (χ3n) is 2.12. The van der Waals surface area contributed by atoms with Crippen LogP contribution in [0.4, 0.5) is 13.2 Å². The van der Waals surface area contributed by atoms with E-state index in [1.165, 1.54) is 0 Å². The number of aromatic nitrogens is 2. The first-order chi connectivity index (χ1) is 7.82. The summed E-state index contributed by atoms with van der Waals surface area (Å²) in [5.74, 6) is -1.67. The summed E-state index contributed by atoms with van der Waals surface area (Å²) in [6.45, 7) is 3.15. The minimum atomic E-state index is -4.26. The summed E-state index contributed by atoms with van der Waals surface area (Å²) in [7, 11) is 0. The van der Waals surface area contributed by atoms with Gasteiger partial charge in [0.1, 0.15) is 0 Å². The van der Waals surface area contributed by atoms with E-state index in [0.29, 0.717) is 5.16 Å². The van der Waals surface area contributed by atoms with Gasteiger partial charge in [-0.05, 0) is 19.9 Å². The number of aryl methyl sites for hydroxylation is 2. The lowest BCUT2D eigenvalue weighted by Crippen LogP contribution is -2.32. The predicted octanol–water partition coefficient (Wildman–Crippen LogP) is 2.32. The maximum absolute atomic E-state index is 12.4. The number of alkyl halides is 3. The van der Waals surface area contributed by atoms with E-state index >= 15 is 0 Å². The van der Waals surface area contributed by atoms with Gasteiger partial charge >= 0.3 is 6.18 Å². The fourth-order valence-corrected chi connectivity index (χ4v) is 2.32. The molecule has 96 valence electrons. The number of thioether (sulfide) groups is 1. The minimum absolute atomic E-state index is 0.150. The second-order valence-corrected chi connectivity index (χ2v) is 4.71. The largest absolute Gasteiger partial charge is 0.393 e. The van der Waals surface area contributed by atoms with E-state index in [0.717, 1.165) is 23.1 Å². The number of hydrogen-bond donors (Lipinski definition) is 1. The molecule has 0 aliphatic rings. The Kier molecular flexibility index (Phi) is 4.76. The molecule has 0 aliphatic carbocycles.